The van der Waals surface area contributed by atoms with Crippen molar-refractivity contribution in [3.63, 3.8) is 0 Å². The van der Waals surface area contributed by atoms with E-state index in [0.717, 1.165) is 11.1 Å². The third-order valence-corrected chi connectivity index (χ3v) is 2.47. The molecule has 0 aliphatic heterocycles. The maximum atomic E-state index is 8.91. The molecule has 0 bridgehead atoms. The average molecular weight is 225 g/mol. The van der Waals surface area contributed by atoms with Gasteiger partial charge in [0.1, 0.15) is 5.75 Å². The molecule has 0 aliphatic carbocycles. The third kappa shape index (κ3) is 2.04. The number of aromatic nitrogens is 1. The number of anilines is 1. The molecular weight excluding hydrogens is 214 g/mol. The summed E-state index contributed by atoms with van der Waals surface area (Å²) in [5.74, 6) is 0.682. The van der Waals surface area contributed by atoms with Crippen molar-refractivity contribution in [2.24, 2.45) is 0 Å². The molecule has 0 unspecified atom stereocenters. The number of nitriles is 1. The minimum atomic E-state index is 0.556. The van der Waals surface area contributed by atoms with Crippen molar-refractivity contribution in [2.45, 2.75) is 0 Å². The number of methoxy groups -OCH3 is 1. The molecule has 0 radical (unpaired) electrons. The van der Waals surface area contributed by atoms with Gasteiger partial charge in [-0.1, -0.05) is 0 Å². The number of benzene rings is 1. The molecule has 0 atom stereocenters. The van der Waals surface area contributed by atoms with Crippen molar-refractivity contribution in [3.05, 3.63) is 42.2 Å². The van der Waals surface area contributed by atoms with E-state index in [1.54, 1.807) is 43.8 Å². The van der Waals surface area contributed by atoms with Gasteiger partial charge in [0.05, 0.1) is 30.6 Å². The molecule has 1 heterocycles. The van der Waals surface area contributed by atoms with E-state index in [4.69, 9.17) is 15.7 Å². The zero-order valence-electron chi connectivity index (χ0n) is 9.34. The van der Waals surface area contributed by atoms with E-state index >= 15 is 0 Å². The van der Waals surface area contributed by atoms with Crippen LogP contribution in [0.15, 0.2) is 36.7 Å². The summed E-state index contributed by atoms with van der Waals surface area (Å²) in [6.07, 6.45) is 3.23. The zero-order chi connectivity index (χ0) is 12.3. The maximum Gasteiger partial charge on any atom is 0.126 e. The van der Waals surface area contributed by atoms with Crippen LogP contribution in [-0.4, -0.2) is 12.1 Å². The van der Waals surface area contributed by atoms with E-state index in [0.29, 0.717) is 17.0 Å². The highest BCUT2D eigenvalue weighted by molar-refractivity contribution is 5.80. The van der Waals surface area contributed by atoms with Gasteiger partial charge in [-0.2, -0.15) is 5.26 Å². The van der Waals surface area contributed by atoms with Crippen molar-refractivity contribution in [1.82, 2.24) is 4.98 Å². The summed E-state index contributed by atoms with van der Waals surface area (Å²) >= 11 is 0. The second-order valence-corrected chi connectivity index (χ2v) is 3.49. The highest BCUT2D eigenvalue weighted by Crippen LogP contribution is 2.33. The molecule has 0 amide bonds. The summed E-state index contributed by atoms with van der Waals surface area (Å²) in [4.78, 5) is 3.94. The Labute approximate surface area is 99.3 Å². The molecule has 2 rings (SSSR count). The Balaban J connectivity index is 2.65. The molecule has 1 aromatic carbocycles. The van der Waals surface area contributed by atoms with Crippen molar-refractivity contribution in [1.29, 1.82) is 5.26 Å². The summed E-state index contributed by atoms with van der Waals surface area (Å²) < 4.78 is 5.27. The van der Waals surface area contributed by atoms with E-state index in [9.17, 15) is 0 Å². The molecular formula is C13H11N3O. The van der Waals surface area contributed by atoms with Crippen LogP contribution in [0.2, 0.25) is 0 Å². The van der Waals surface area contributed by atoms with Gasteiger partial charge >= 0.3 is 0 Å². The van der Waals surface area contributed by atoms with E-state index < -0.39 is 0 Å². The molecule has 2 N–H and O–H groups in total. The van der Waals surface area contributed by atoms with Crippen LogP contribution in [0.4, 0.5) is 5.69 Å². The van der Waals surface area contributed by atoms with Gasteiger partial charge in [-0.05, 0) is 24.3 Å². The highest BCUT2D eigenvalue weighted by Gasteiger charge is 2.09. The van der Waals surface area contributed by atoms with Gasteiger partial charge in [-0.15, -0.1) is 0 Å². The van der Waals surface area contributed by atoms with Crippen molar-refractivity contribution < 1.29 is 4.74 Å². The lowest BCUT2D eigenvalue weighted by Gasteiger charge is -2.10. The van der Waals surface area contributed by atoms with Crippen LogP contribution in [0.25, 0.3) is 11.1 Å². The largest absolute Gasteiger partial charge is 0.496 e. The molecule has 0 aliphatic rings. The molecule has 0 saturated carbocycles. The lowest BCUT2D eigenvalue weighted by atomic mass is 10.0. The molecule has 2 aromatic rings. The number of pyridine rings is 1. The predicted molar refractivity (Wildman–Crippen MR) is 65.4 cm³/mol. The number of nitrogen functional groups attached to an aromatic ring is 1. The molecule has 4 heteroatoms. The number of rotatable bonds is 2. The first-order valence-corrected chi connectivity index (χ1v) is 5.04. The first kappa shape index (κ1) is 11.0. The van der Waals surface area contributed by atoms with E-state index in [1.165, 1.54) is 0 Å². The molecule has 0 spiro atoms. The summed E-state index contributed by atoms with van der Waals surface area (Å²) in [6.45, 7) is 0. The predicted octanol–water partition coefficient (Wildman–Crippen LogP) is 2.21. The summed E-state index contributed by atoms with van der Waals surface area (Å²) in [6, 6.07) is 9.12. The van der Waals surface area contributed by atoms with Gasteiger partial charge in [-0.25, -0.2) is 0 Å². The Morgan fingerprint density at radius 1 is 1.29 bits per heavy atom. The SMILES string of the molecule is COc1ccc(C#N)cc1-c1ccncc1N. The minimum Gasteiger partial charge on any atom is -0.496 e. The van der Waals surface area contributed by atoms with Crippen LogP contribution >= 0.6 is 0 Å². The molecule has 17 heavy (non-hydrogen) atoms. The number of nitrogens with zero attached hydrogens (tertiary/aromatic N) is 2. The van der Waals surface area contributed by atoms with Crippen LogP contribution in [-0.2, 0) is 0 Å². The fourth-order valence-electron chi connectivity index (χ4n) is 1.64. The fourth-order valence-corrected chi connectivity index (χ4v) is 1.64. The monoisotopic (exact) mass is 225 g/mol. The van der Waals surface area contributed by atoms with Gasteiger partial charge in [0.15, 0.2) is 0 Å². The van der Waals surface area contributed by atoms with Crippen LogP contribution in [0.1, 0.15) is 5.56 Å². The van der Waals surface area contributed by atoms with E-state index in [-0.39, 0.29) is 0 Å². The van der Waals surface area contributed by atoms with Crippen molar-refractivity contribution in [2.75, 3.05) is 12.8 Å². The Morgan fingerprint density at radius 2 is 2.12 bits per heavy atom. The highest BCUT2D eigenvalue weighted by atomic mass is 16.5. The van der Waals surface area contributed by atoms with Crippen LogP contribution in [0, 0.1) is 11.3 Å². The molecule has 4 nitrogen and oxygen atoms in total. The second kappa shape index (κ2) is 4.54. The second-order valence-electron chi connectivity index (χ2n) is 3.49. The molecule has 0 saturated heterocycles. The Kier molecular flexibility index (Phi) is 2.93. The molecule has 84 valence electrons. The van der Waals surface area contributed by atoms with Crippen molar-refractivity contribution >= 4 is 5.69 Å². The summed E-state index contributed by atoms with van der Waals surface area (Å²) in [7, 11) is 1.59. The van der Waals surface area contributed by atoms with Crippen molar-refractivity contribution in [3.8, 4) is 22.9 Å². The van der Waals surface area contributed by atoms with E-state index in [2.05, 4.69) is 11.1 Å². The average Bonchev–Trinajstić information content (AvgIpc) is 2.38. The molecule has 1 aromatic heterocycles. The van der Waals surface area contributed by atoms with Gasteiger partial charge < -0.3 is 10.5 Å². The van der Waals surface area contributed by atoms with Crippen LogP contribution in [0.5, 0.6) is 5.75 Å². The van der Waals surface area contributed by atoms with Crippen LogP contribution in [0.3, 0.4) is 0 Å². The van der Waals surface area contributed by atoms with Gasteiger partial charge in [0.2, 0.25) is 0 Å². The Morgan fingerprint density at radius 3 is 2.76 bits per heavy atom. The van der Waals surface area contributed by atoms with Gasteiger partial charge in [-0.3, -0.25) is 4.98 Å². The minimum absolute atomic E-state index is 0.556. The quantitative estimate of drug-likeness (QED) is 0.850. The number of hydrogen-bond donors (Lipinski definition) is 1. The lowest BCUT2D eigenvalue weighted by Crippen LogP contribution is -1.94. The maximum absolute atomic E-state index is 8.91. The van der Waals surface area contributed by atoms with E-state index in [1.807, 2.05) is 0 Å². The van der Waals surface area contributed by atoms with Gasteiger partial charge in [0.25, 0.3) is 0 Å². The number of nitrogens with two attached hydrogens (primary N) is 1. The van der Waals surface area contributed by atoms with Crippen LogP contribution < -0.4 is 10.5 Å². The summed E-state index contributed by atoms with van der Waals surface area (Å²) in [5, 5.41) is 8.91. The first-order valence-electron chi connectivity index (χ1n) is 5.04. The number of hydrogen-bond acceptors (Lipinski definition) is 4. The first-order chi connectivity index (χ1) is 8.26. The smallest absolute Gasteiger partial charge is 0.126 e. The third-order valence-electron chi connectivity index (χ3n) is 2.47. The zero-order valence-corrected chi connectivity index (χ0v) is 9.34. The Bertz CT molecular complexity index is 587. The normalized spacial score (nSPS) is 9.65. The fraction of sp³-hybridized carbons (Fsp3) is 0.0769. The molecule has 0 fully saturated rings. The van der Waals surface area contributed by atoms with Gasteiger partial charge in [0, 0.05) is 17.3 Å². The summed E-state index contributed by atoms with van der Waals surface area (Å²) in [5.41, 5.74) is 8.60. The number of ether oxygens (including phenoxy) is 1. The topological polar surface area (TPSA) is 71.9 Å². The lowest BCUT2D eigenvalue weighted by molar-refractivity contribution is 0.416. The standard InChI is InChI=1S/C13H11N3O/c1-17-13-3-2-9(7-14)6-11(13)10-4-5-16-8-12(10)15/h2-6,8H,15H2,1H3. The Hall–Kier alpha value is -2.54.